The normalized spacial score (nSPS) is 18.9. The third-order valence-corrected chi connectivity index (χ3v) is 3.18. The Morgan fingerprint density at radius 3 is 3.00 bits per heavy atom. The molecule has 104 valence electrons. The van der Waals surface area contributed by atoms with Crippen molar-refractivity contribution in [2.45, 2.75) is 32.8 Å². The number of hydrogen-bond donors (Lipinski definition) is 0. The maximum absolute atomic E-state index is 13.0. The minimum atomic E-state index is -0.303. The summed E-state index contributed by atoms with van der Waals surface area (Å²) in [6, 6.07) is 6.13. The largest absolute Gasteiger partial charge is 0.488 e. The highest BCUT2D eigenvalue weighted by molar-refractivity contribution is 5.76. The van der Waals surface area contributed by atoms with Crippen molar-refractivity contribution in [1.29, 1.82) is 0 Å². The van der Waals surface area contributed by atoms with Crippen LogP contribution < -0.4 is 4.74 Å². The van der Waals surface area contributed by atoms with E-state index in [1.54, 1.807) is 12.1 Å². The van der Waals surface area contributed by atoms with Gasteiger partial charge in [0, 0.05) is 25.5 Å². The Bertz CT molecular complexity index is 448. The highest BCUT2D eigenvalue weighted by Crippen LogP contribution is 2.20. The highest BCUT2D eigenvalue weighted by atomic mass is 19.1. The molecule has 1 aromatic rings. The Hall–Kier alpha value is -1.58. The molecule has 1 atom stereocenters. The van der Waals surface area contributed by atoms with Gasteiger partial charge in [0.25, 0.3) is 0 Å². The highest BCUT2D eigenvalue weighted by Gasteiger charge is 2.27. The molecule has 1 fully saturated rings. The monoisotopic (exact) mass is 265 g/mol. The number of carbonyl (C=O) groups excluding carboxylic acids is 1. The van der Waals surface area contributed by atoms with Gasteiger partial charge in [0.05, 0.1) is 6.54 Å². The molecule has 0 bridgehead atoms. The zero-order valence-corrected chi connectivity index (χ0v) is 11.4. The second kappa shape index (κ2) is 6.04. The quantitative estimate of drug-likeness (QED) is 0.837. The predicted molar refractivity (Wildman–Crippen MR) is 71.5 cm³/mol. The minimum absolute atomic E-state index is 0.0297. The van der Waals surface area contributed by atoms with E-state index in [0.29, 0.717) is 24.6 Å². The molecule has 1 aliphatic heterocycles. The molecule has 3 nitrogen and oxygen atoms in total. The van der Waals surface area contributed by atoms with Gasteiger partial charge >= 0.3 is 0 Å². The Balaban J connectivity index is 1.87. The molecule has 1 aromatic carbocycles. The number of halogens is 1. The van der Waals surface area contributed by atoms with Gasteiger partial charge in [-0.25, -0.2) is 4.39 Å². The Labute approximate surface area is 113 Å². The lowest BCUT2D eigenvalue weighted by Gasteiger charge is -2.18. The van der Waals surface area contributed by atoms with E-state index in [2.05, 4.69) is 0 Å². The first kappa shape index (κ1) is 13.8. The maximum Gasteiger partial charge on any atom is 0.222 e. The average Bonchev–Trinajstić information content (AvgIpc) is 2.76. The van der Waals surface area contributed by atoms with Crippen LogP contribution in [0.2, 0.25) is 0 Å². The number of benzene rings is 1. The lowest BCUT2D eigenvalue weighted by atomic mass is 10.1. The summed E-state index contributed by atoms with van der Waals surface area (Å²) >= 11 is 0. The zero-order chi connectivity index (χ0) is 13.8. The van der Waals surface area contributed by atoms with Gasteiger partial charge in [-0.05, 0) is 18.1 Å². The molecule has 0 radical (unpaired) electrons. The summed E-state index contributed by atoms with van der Waals surface area (Å²) in [6.45, 7) is 5.40. The molecule has 2 rings (SSSR count). The van der Waals surface area contributed by atoms with Gasteiger partial charge in [-0.1, -0.05) is 19.9 Å². The second-order valence-electron chi connectivity index (χ2n) is 5.42. The molecule has 1 saturated heterocycles. The molecular weight excluding hydrogens is 245 g/mol. The van der Waals surface area contributed by atoms with Crippen LogP contribution in [0.1, 0.15) is 26.7 Å². The number of amides is 1. The van der Waals surface area contributed by atoms with Crippen LogP contribution in [0, 0.1) is 11.7 Å². The smallest absolute Gasteiger partial charge is 0.222 e. The van der Waals surface area contributed by atoms with E-state index in [9.17, 15) is 9.18 Å². The first-order valence-corrected chi connectivity index (χ1v) is 6.74. The van der Waals surface area contributed by atoms with E-state index in [1.807, 2.05) is 18.7 Å². The average molecular weight is 265 g/mol. The number of ether oxygens (including phenoxy) is 1. The second-order valence-corrected chi connectivity index (χ2v) is 5.42. The molecule has 0 aromatic heterocycles. The number of likely N-dealkylation sites (tertiary alicyclic amines) is 1. The summed E-state index contributed by atoms with van der Waals surface area (Å²) in [5.74, 6) is 0.780. The van der Waals surface area contributed by atoms with Gasteiger partial charge in [-0.2, -0.15) is 0 Å². The summed E-state index contributed by atoms with van der Waals surface area (Å²) in [5.41, 5.74) is 0. The van der Waals surface area contributed by atoms with E-state index < -0.39 is 0 Å². The van der Waals surface area contributed by atoms with Crippen LogP contribution in [-0.4, -0.2) is 30.0 Å². The van der Waals surface area contributed by atoms with E-state index in [4.69, 9.17) is 4.74 Å². The van der Waals surface area contributed by atoms with Gasteiger partial charge < -0.3 is 9.64 Å². The first-order chi connectivity index (χ1) is 9.04. The van der Waals surface area contributed by atoms with Crippen molar-refractivity contribution >= 4 is 5.91 Å². The lowest BCUT2D eigenvalue weighted by molar-refractivity contribution is -0.131. The standard InChI is InChI=1S/C15H20FNO2/c1-11(2)8-15(18)17-7-6-14(10-17)19-13-5-3-4-12(16)9-13/h3-5,9,11,14H,6-8,10H2,1-2H3. The summed E-state index contributed by atoms with van der Waals surface area (Å²) < 4.78 is 18.8. The first-order valence-electron chi connectivity index (χ1n) is 6.74. The zero-order valence-electron chi connectivity index (χ0n) is 11.4. The number of rotatable bonds is 4. The van der Waals surface area contributed by atoms with Crippen LogP contribution in [-0.2, 0) is 4.79 Å². The molecule has 0 spiro atoms. The van der Waals surface area contributed by atoms with Crippen LogP contribution in [0.4, 0.5) is 4.39 Å². The fraction of sp³-hybridized carbons (Fsp3) is 0.533. The Kier molecular flexibility index (Phi) is 4.40. The van der Waals surface area contributed by atoms with E-state index >= 15 is 0 Å². The molecular formula is C15H20FNO2. The molecule has 1 unspecified atom stereocenters. The fourth-order valence-corrected chi connectivity index (χ4v) is 2.26. The van der Waals surface area contributed by atoms with Crippen LogP contribution in [0.5, 0.6) is 5.75 Å². The minimum Gasteiger partial charge on any atom is -0.488 e. The van der Waals surface area contributed by atoms with Crippen LogP contribution in [0.15, 0.2) is 24.3 Å². The maximum atomic E-state index is 13.0. The van der Waals surface area contributed by atoms with Crippen molar-refractivity contribution in [3.8, 4) is 5.75 Å². The molecule has 1 aliphatic rings. The summed E-state index contributed by atoms with van der Waals surface area (Å²) in [7, 11) is 0. The SMILES string of the molecule is CC(C)CC(=O)N1CCC(Oc2cccc(F)c2)C1. The number of nitrogens with zero attached hydrogens (tertiary/aromatic N) is 1. The van der Waals surface area contributed by atoms with Gasteiger partial charge in [-0.3, -0.25) is 4.79 Å². The number of carbonyl (C=O) groups is 1. The van der Waals surface area contributed by atoms with Crippen LogP contribution in [0.25, 0.3) is 0 Å². The predicted octanol–water partition coefficient (Wildman–Crippen LogP) is 2.85. The van der Waals surface area contributed by atoms with Crippen molar-refractivity contribution in [1.82, 2.24) is 4.90 Å². The van der Waals surface area contributed by atoms with Crippen molar-refractivity contribution in [2.24, 2.45) is 5.92 Å². The van der Waals surface area contributed by atoms with E-state index in [1.165, 1.54) is 12.1 Å². The number of hydrogen-bond acceptors (Lipinski definition) is 2. The topological polar surface area (TPSA) is 29.5 Å². The van der Waals surface area contributed by atoms with Crippen molar-refractivity contribution < 1.29 is 13.9 Å². The third-order valence-electron chi connectivity index (χ3n) is 3.18. The van der Waals surface area contributed by atoms with E-state index in [0.717, 1.165) is 13.0 Å². The van der Waals surface area contributed by atoms with Gasteiger partial charge in [0.1, 0.15) is 17.7 Å². The van der Waals surface area contributed by atoms with Gasteiger partial charge in [0.2, 0.25) is 5.91 Å². The molecule has 19 heavy (non-hydrogen) atoms. The van der Waals surface area contributed by atoms with Crippen LogP contribution in [0.3, 0.4) is 0 Å². The summed E-state index contributed by atoms with van der Waals surface area (Å²) in [6.07, 6.45) is 1.35. The molecule has 1 amide bonds. The van der Waals surface area contributed by atoms with Gasteiger partial charge in [-0.15, -0.1) is 0 Å². The molecule has 0 aliphatic carbocycles. The fourth-order valence-electron chi connectivity index (χ4n) is 2.26. The van der Waals surface area contributed by atoms with Crippen molar-refractivity contribution in [3.63, 3.8) is 0 Å². The van der Waals surface area contributed by atoms with Crippen molar-refractivity contribution in [3.05, 3.63) is 30.1 Å². The third kappa shape index (κ3) is 3.94. The lowest BCUT2D eigenvalue weighted by Crippen LogP contribution is -2.31. The summed E-state index contributed by atoms with van der Waals surface area (Å²) in [5, 5.41) is 0. The molecule has 0 saturated carbocycles. The van der Waals surface area contributed by atoms with Gasteiger partial charge in [0.15, 0.2) is 0 Å². The Morgan fingerprint density at radius 1 is 1.53 bits per heavy atom. The Morgan fingerprint density at radius 2 is 2.32 bits per heavy atom. The summed E-state index contributed by atoms with van der Waals surface area (Å²) in [4.78, 5) is 13.8. The van der Waals surface area contributed by atoms with Crippen molar-refractivity contribution in [2.75, 3.05) is 13.1 Å². The molecule has 1 heterocycles. The molecule has 4 heteroatoms. The van der Waals surface area contributed by atoms with E-state index in [-0.39, 0.29) is 17.8 Å². The van der Waals surface area contributed by atoms with Crippen LogP contribution >= 0.6 is 0 Å². The molecule has 0 N–H and O–H groups in total.